The Kier molecular flexibility index (Phi) is 2.45. The van der Waals surface area contributed by atoms with Gasteiger partial charge in [0, 0.05) is 11.9 Å². The molecule has 1 aromatic heterocycles. The second-order valence-electron chi connectivity index (χ2n) is 5.38. The minimum absolute atomic E-state index is 0.0416. The predicted octanol–water partition coefficient (Wildman–Crippen LogP) is 1.76. The Morgan fingerprint density at radius 2 is 2.28 bits per heavy atom. The van der Waals surface area contributed by atoms with Crippen LogP contribution in [0.1, 0.15) is 13.8 Å². The number of aromatic amines is 1. The third kappa shape index (κ3) is 1.71. The zero-order valence-corrected chi connectivity index (χ0v) is 10.7. The van der Waals surface area contributed by atoms with Gasteiger partial charge in [0.1, 0.15) is 0 Å². The fraction of sp³-hybridized carbons (Fsp3) is 0.462. The molecule has 5 nitrogen and oxygen atoms in total. The predicted molar refractivity (Wildman–Crippen MR) is 72.8 cm³/mol. The van der Waals surface area contributed by atoms with Gasteiger partial charge in [-0.05, 0) is 26.0 Å². The Bertz CT molecular complexity index is 575. The summed E-state index contributed by atoms with van der Waals surface area (Å²) in [7, 11) is 0. The molecule has 2 heterocycles. The summed E-state index contributed by atoms with van der Waals surface area (Å²) in [6.07, 6.45) is 1.79. The molecule has 1 fully saturated rings. The van der Waals surface area contributed by atoms with Crippen molar-refractivity contribution in [2.45, 2.75) is 19.4 Å². The number of nitrogens with one attached hydrogen (secondary N) is 1. The van der Waals surface area contributed by atoms with E-state index in [1.807, 2.05) is 6.07 Å². The highest BCUT2D eigenvalue weighted by molar-refractivity contribution is 5.89. The molecule has 96 valence electrons. The van der Waals surface area contributed by atoms with Gasteiger partial charge in [0.2, 0.25) is 0 Å². The van der Waals surface area contributed by atoms with Gasteiger partial charge in [-0.2, -0.15) is 5.10 Å². The SMILES string of the molecule is CC1(C)COCCN1c1cc2[nH]ncc2cc1N. The Labute approximate surface area is 106 Å². The first-order valence-electron chi connectivity index (χ1n) is 6.16. The first-order valence-corrected chi connectivity index (χ1v) is 6.16. The maximum absolute atomic E-state index is 6.17. The molecule has 0 aliphatic carbocycles. The lowest BCUT2D eigenvalue weighted by Crippen LogP contribution is -2.53. The van der Waals surface area contributed by atoms with Crippen molar-refractivity contribution in [1.82, 2.24) is 10.2 Å². The van der Waals surface area contributed by atoms with E-state index in [-0.39, 0.29) is 5.54 Å². The van der Waals surface area contributed by atoms with Crippen LogP contribution in [0.5, 0.6) is 0 Å². The van der Waals surface area contributed by atoms with E-state index in [0.29, 0.717) is 6.61 Å². The lowest BCUT2D eigenvalue weighted by atomic mass is 10.0. The topological polar surface area (TPSA) is 67.2 Å². The van der Waals surface area contributed by atoms with E-state index >= 15 is 0 Å². The zero-order valence-electron chi connectivity index (χ0n) is 10.7. The molecule has 1 aliphatic heterocycles. The number of aromatic nitrogens is 2. The van der Waals surface area contributed by atoms with Crippen LogP contribution in [0.3, 0.4) is 0 Å². The molecule has 0 atom stereocenters. The number of nitrogen functional groups attached to an aromatic ring is 1. The van der Waals surface area contributed by atoms with Crippen molar-refractivity contribution in [3.05, 3.63) is 18.3 Å². The summed E-state index contributed by atoms with van der Waals surface area (Å²) in [4.78, 5) is 2.31. The molecule has 18 heavy (non-hydrogen) atoms. The summed E-state index contributed by atoms with van der Waals surface area (Å²) < 4.78 is 5.55. The van der Waals surface area contributed by atoms with Crippen LogP contribution in [0.15, 0.2) is 18.3 Å². The lowest BCUT2D eigenvalue weighted by Gasteiger charge is -2.44. The van der Waals surface area contributed by atoms with Crippen LogP contribution in [0.4, 0.5) is 11.4 Å². The molecular formula is C13H18N4O. The number of hydrogen-bond acceptors (Lipinski definition) is 4. The van der Waals surface area contributed by atoms with Gasteiger partial charge in [0.15, 0.2) is 0 Å². The molecule has 1 aliphatic rings. The third-order valence-corrected chi connectivity index (χ3v) is 3.52. The van der Waals surface area contributed by atoms with E-state index in [4.69, 9.17) is 10.5 Å². The van der Waals surface area contributed by atoms with Crippen molar-refractivity contribution in [1.29, 1.82) is 0 Å². The van der Waals surface area contributed by atoms with Crippen molar-refractivity contribution < 1.29 is 4.74 Å². The third-order valence-electron chi connectivity index (χ3n) is 3.52. The number of nitrogens with zero attached hydrogens (tertiary/aromatic N) is 2. The molecule has 5 heteroatoms. The normalized spacial score (nSPS) is 19.3. The second-order valence-corrected chi connectivity index (χ2v) is 5.38. The van der Waals surface area contributed by atoms with Crippen molar-refractivity contribution >= 4 is 22.3 Å². The maximum Gasteiger partial charge on any atom is 0.0694 e. The van der Waals surface area contributed by atoms with Crippen LogP contribution in [0, 0.1) is 0 Å². The fourth-order valence-corrected chi connectivity index (χ4v) is 2.54. The van der Waals surface area contributed by atoms with Crippen molar-refractivity contribution in [2.75, 3.05) is 30.4 Å². The van der Waals surface area contributed by atoms with E-state index in [1.165, 1.54) is 0 Å². The zero-order chi connectivity index (χ0) is 12.8. The van der Waals surface area contributed by atoms with Gasteiger partial charge in [-0.3, -0.25) is 5.10 Å². The summed E-state index contributed by atoms with van der Waals surface area (Å²) >= 11 is 0. The van der Waals surface area contributed by atoms with Gasteiger partial charge in [-0.15, -0.1) is 0 Å². The summed E-state index contributed by atoms with van der Waals surface area (Å²) in [5, 5.41) is 8.08. The summed E-state index contributed by atoms with van der Waals surface area (Å²) in [5.74, 6) is 0. The number of H-pyrrole nitrogens is 1. The molecular weight excluding hydrogens is 228 g/mol. The molecule has 1 saturated heterocycles. The highest BCUT2D eigenvalue weighted by Gasteiger charge is 2.31. The highest BCUT2D eigenvalue weighted by Crippen LogP contribution is 2.34. The van der Waals surface area contributed by atoms with Gasteiger partial charge >= 0.3 is 0 Å². The quantitative estimate of drug-likeness (QED) is 0.752. The average Bonchev–Trinajstić information content (AvgIpc) is 2.75. The smallest absolute Gasteiger partial charge is 0.0694 e. The molecule has 0 spiro atoms. The minimum atomic E-state index is -0.0416. The van der Waals surface area contributed by atoms with Crippen molar-refractivity contribution in [3.8, 4) is 0 Å². The van der Waals surface area contributed by atoms with E-state index in [2.05, 4.69) is 35.0 Å². The number of hydrogen-bond donors (Lipinski definition) is 2. The number of ether oxygens (including phenoxy) is 1. The van der Waals surface area contributed by atoms with Crippen LogP contribution in [0.2, 0.25) is 0 Å². The Hall–Kier alpha value is -1.75. The van der Waals surface area contributed by atoms with Gasteiger partial charge < -0.3 is 15.4 Å². The largest absolute Gasteiger partial charge is 0.397 e. The first-order chi connectivity index (χ1) is 8.58. The molecule has 3 N–H and O–H groups in total. The molecule has 2 aromatic rings. The highest BCUT2D eigenvalue weighted by atomic mass is 16.5. The summed E-state index contributed by atoms with van der Waals surface area (Å²) in [5.41, 5.74) is 8.99. The summed E-state index contributed by atoms with van der Waals surface area (Å²) in [6.45, 7) is 6.65. The van der Waals surface area contributed by atoms with Gasteiger partial charge in [0.25, 0.3) is 0 Å². The van der Waals surface area contributed by atoms with E-state index in [9.17, 15) is 0 Å². The van der Waals surface area contributed by atoms with Crippen LogP contribution in [-0.2, 0) is 4.74 Å². The van der Waals surface area contributed by atoms with E-state index in [1.54, 1.807) is 6.20 Å². The van der Waals surface area contributed by atoms with Crippen LogP contribution in [0.25, 0.3) is 10.9 Å². The van der Waals surface area contributed by atoms with Gasteiger partial charge in [-0.1, -0.05) is 0 Å². The van der Waals surface area contributed by atoms with Crippen LogP contribution >= 0.6 is 0 Å². The number of fused-ring (bicyclic) bond motifs is 1. The number of nitrogens with two attached hydrogens (primary N) is 1. The standard InChI is InChI=1S/C13H18N4O/c1-13(2)8-18-4-3-17(13)12-6-11-9(5-10(12)14)7-15-16-11/h5-7H,3-4,8,14H2,1-2H3,(H,15,16). The maximum atomic E-state index is 6.17. The Morgan fingerprint density at radius 3 is 3.06 bits per heavy atom. The number of benzene rings is 1. The van der Waals surface area contributed by atoms with Crippen molar-refractivity contribution in [2.24, 2.45) is 0 Å². The fourth-order valence-electron chi connectivity index (χ4n) is 2.54. The monoisotopic (exact) mass is 246 g/mol. The number of rotatable bonds is 1. The molecule has 3 rings (SSSR count). The second kappa shape index (κ2) is 3.88. The van der Waals surface area contributed by atoms with E-state index in [0.717, 1.165) is 35.4 Å². The molecule has 0 radical (unpaired) electrons. The molecule has 0 amide bonds. The molecule has 1 aromatic carbocycles. The minimum Gasteiger partial charge on any atom is -0.397 e. The van der Waals surface area contributed by atoms with Crippen LogP contribution < -0.4 is 10.6 Å². The van der Waals surface area contributed by atoms with Crippen molar-refractivity contribution in [3.63, 3.8) is 0 Å². The molecule has 0 saturated carbocycles. The lowest BCUT2D eigenvalue weighted by molar-refractivity contribution is 0.0645. The molecule has 0 unspecified atom stereocenters. The summed E-state index contributed by atoms with van der Waals surface area (Å²) in [6, 6.07) is 4.05. The Morgan fingerprint density at radius 1 is 1.44 bits per heavy atom. The molecule has 0 bridgehead atoms. The van der Waals surface area contributed by atoms with E-state index < -0.39 is 0 Å². The first kappa shape index (κ1) is 11.3. The van der Waals surface area contributed by atoms with Gasteiger partial charge in [-0.25, -0.2) is 0 Å². The van der Waals surface area contributed by atoms with Crippen LogP contribution in [-0.4, -0.2) is 35.5 Å². The number of morpholine rings is 1. The van der Waals surface area contributed by atoms with Gasteiger partial charge in [0.05, 0.1) is 41.8 Å². The Balaban J connectivity index is 2.09. The average molecular weight is 246 g/mol. The number of anilines is 2.